The van der Waals surface area contributed by atoms with E-state index in [2.05, 4.69) is 22.0 Å². The Morgan fingerprint density at radius 2 is 1.71 bits per heavy atom. The second-order valence-electron chi connectivity index (χ2n) is 6.84. The zero-order valence-corrected chi connectivity index (χ0v) is 18.1. The molecule has 0 radical (unpaired) electrons. The number of rotatable bonds is 6. The minimum absolute atomic E-state index is 0.0647. The van der Waals surface area contributed by atoms with Crippen LogP contribution in [0, 0.1) is 0 Å². The molecule has 0 spiro atoms. The smallest absolute Gasteiger partial charge is 0.229 e. The summed E-state index contributed by atoms with van der Waals surface area (Å²) in [5.41, 5.74) is 1.96. The number of fused-ring (bicyclic) bond motifs is 1. The lowest BCUT2D eigenvalue weighted by Crippen LogP contribution is -2.30. The van der Waals surface area contributed by atoms with Gasteiger partial charge in [0.2, 0.25) is 5.91 Å². The summed E-state index contributed by atoms with van der Waals surface area (Å²) in [6.45, 7) is 2.43. The Morgan fingerprint density at radius 1 is 1.00 bits per heavy atom. The van der Waals surface area contributed by atoms with Gasteiger partial charge < -0.3 is 14.4 Å². The van der Waals surface area contributed by atoms with Crippen molar-refractivity contribution in [3.05, 3.63) is 70.2 Å². The number of amides is 1. The molecule has 5 heteroatoms. The highest BCUT2D eigenvalue weighted by atomic mass is 79.9. The molecule has 0 aliphatic heterocycles. The molecule has 3 aromatic carbocycles. The average molecular weight is 442 g/mol. The van der Waals surface area contributed by atoms with E-state index in [4.69, 9.17) is 9.47 Å². The van der Waals surface area contributed by atoms with Gasteiger partial charge in [-0.1, -0.05) is 40.2 Å². The summed E-state index contributed by atoms with van der Waals surface area (Å²) in [4.78, 5) is 14.8. The van der Waals surface area contributed by atoms with E-state index in [1.165, 1.54) is 0 Å². The molecule has 0 aliphatic rings. The van der Waals surface area contributed by atoms with E-state index in [1.807, 2.05) is 62.5 Å². The molecule has 0 fully saturated rings. The number of benzene rings is 3. The van der Waals surface area contributed by atoms with E-state index in [1.54, 1.807) is 19.1 Å². The van der Waals surface area contributed by atoms with Gasteiger partial charge in [-0.15, -0.1) is 0 Å². The van der Waals surface area contributed by atoms with Gasteiger partial charge in [-0.2, -0.15) is 0 Å². The molecule has 146 valence electrons. The lowest BCUT2D eigenvalue weighted by Gasteiger charge is -2.23. The van der Waals surface area contributed by atoms with Crippen LogP contribution in [0.3, 0.4) is 0 Å². The number of likely N-dealkylation sites (N-methyl/N-ethyl adjacent to an activating group) is 1. The first-order valence-electron chi connectivity index (χ1n) is 9.08. The molecule has 1 unspecified atom stereocenters. The Hall–Kier alpha value is -2.53. The van der Waals surface area contributed by atoms with Crippen molar-refractivity contribution in [2.45, 2.75) is 19.4 Å². The molecule has 3 rings (SSSR count). The lowest BCUT2D eigenvalue weighted by molar-refractivity contribution is -0.131. The number of ether oxygens (including phenoxy) is 2. The summed E-state index contributed by atoms with van der Waals surface area (Å²) in [7, 11) is 5.12. The molecule has 0 aliphatic carbocycles. The fraction of sp³-hybridized carbons (Fsp3) is 0.261. The van der Waals surface area contributed by atoms with E-state index in [0.29, 0.717) is 6.54 Å². The number of hydrogen-bond acceptors (Lipinski definition) is 3. The first-order valence-corrected chi connectivity index (χ1v) is 9.87. The fourth-order valence-corrected chi connectivity index (χ4v) is 3.72. The zero-order chi connectivity index (χ0) is 20.3. The lowest BCUT2D eigenvalue weighted by atomic mass is 9.96. The average Bonchev–Trinajstić information content (AvgIpc) is 2.72. The third-order valence-electron chi connectivity index (χ3n) is 4.97. The van der Waals surface area contributed by atoms with Crippen molar-refractivity contribution >= 4 is 32.6 Å². The molecule has 0 heterocycles. The number of halogens is 1. The van der Waals surface area contributed by atoms with Crippen LogP contribution in [-0.2, 0) is 11.3 Å². The van der Waals surface area contributed by atoms with E-state index in [9.17, 15) is 4.79 Å². The number of carbonyl (C=O) groups excluding carboxylic acids is 1. The molecule has 1 amide bonds. The molecule has 28 heavy (non-hydrogen) atoms. The Labute approximate surface area is 174 Å². The van der Waals surface area contributed by atoms with E-state index < -0.39 is 0 Å². The van der Waals surface area contributed by atoms with Crippen molar-refractivity contribution in [2.75, 3.05) is 21.3 Å². The highest BCUT2D eigenvalue weighted by Crippen LogP contribution is 2.28. The maximum absolute atomic E-state index is 13.0. The molecular formula is C23H24BrNO3. The maximum Gasteiger partial charge on any atom is 0.229 e. The van der Waals surface area contributed by atoms with Crippen LogP contribution in [0.1, 0.15) is 24.0 Å². The van der Waals surface area contributed by atoms with Gasteiger partial charge in [0.05, 0.1) is 20.1 Å². The molecule has 0 saturated carbocycles. The van der Waals surface area contributed by atoms with Gasteiger partial charge in [-0.25, -0.2) is 0 Å². The topological polar surface area (TPSA) is 38.8 Å². The van der Waals surface area contributed by atoms with Crippen LogP contribution in [0.5, 0.6) is 11.5 Å². The number of methoxy groups -OCH3 is 2. The van der Waals surface area contributed by atoms with E-state index in [-0.39, 0.29) is 11.8 Å². The second-order valence-corrected chi connectivity index (χ2v) is 7.76. The highest BCUT2D eigenvalue weighted by Gasteiger charge is 2.21. The molecule has 0 saturated heterocycles. The molecule has 0 aromatic heterocycles. The summed E-state index contributed by atoms with van der Waals surface area (Å²) < 4.78 is 11.7. The van der Waals surface area contributed by atoms with Crippen molar-refractivity contribution in [1.29, 1.82) is 0 Å². The summed E-state index contributed by atoms with van der Waals surface area (Å²) in [6, 6.07) is 17.9. The van der Waals surface area contributed by atoms with Crippen molar-refractivity contribution in [3.63, 3.8) is 0 Å². The molecule has 3 aromatic rings. The van der Waals surface area contributed by atoms with Crippen molar-refractivity contribution in [2.24, 2.45) is 0 Å². The van der Waals surface area contributed by atoms with Gasteiger partial charge >= 0.3 is 0 Å². The SMILES string of the molecule is COc1ccc2cc(C(C)C(=O)N(C)Cc3cc(Br)ccc3OC)ccc2c1. The molecule has 1 atom stereocenters. The highest BCUT2D eigenvalue weighted by molar-refractivity contribution is 9.10. The Balaban J connectivity index is 1.80. The number of hydrogen-bond donors (Lipinski definition) is 0. The third kappa shape index (κ3) is 4.30. The summed E-state index contributed by atoms with van der Waals surface area (Å²) >= 11 is 3.48. The summed E-state index contributed by atoms with van der Waals surface area (Å²) in [6.07, 6.45) is 0. The first-order chi connectivity index (χ1) is 13.4. The molecule has 4 nitrogen and oxygen atoms in total. The quantitative estimate of drug-likeness (QED) is 0.515. The molecule has 0 bridgehead atoms. The summed E-state index contributed by atoms with van der Waals surface area (Å²) in [5, 5.41) is 2.18. The predicted octanol–water partition coefficient (Wildman–Crippen LogP) is 5.38. The van der Waals surface area contributed by atoms with Gasteiger partial charge in [0, 0.05) is 23.6 Å². The van der Waals surface area contributed by atoms with Crippen LogP contribution >= 0.6 is 15.9 Å². The van der Waals surface area contributed by atoms with Crippen molar-refractivity contribution < 1.29 is 14.3 Å². The van der Waals surface area contributed by atoms with Crippen LogP contribution in [-0.4, -0.2) is 32.1 Å². The first kappa shape index (κ1) is 20.2. The van der Waals surface area contributed by atoms with Crippen LogP contribution in [0.25, 0.3) is 10.8 Å². The van der Waals surface area contributed by atoms with Crippen LogP contribution < -0.4 is 9.47 Å². The second kappa shape index (κ2) is 8.65. The number of nitrogens with zero attached hydrogens (tertiary/aromatic N) is 1. The normalized spacial score (nSPS) is 11.9. The molecule has 0 N–H and O–H groups in total. The minimum Gasteiger partial charge on any atom is -0.497 e. The fourth-order valence-electron chi connectivity index (χ4n) is 3.32. The van der Waals surface area contributed by atoms with Crippen LogP contribution in [0.4, 0.5) is 0 Å². The van der Waals surface area contributed by atoms with Crippen LogP contribution in [0.15, 0.2) is 59.1 Å². The Kier molecular flexibility index (Phi) is 6.25. The Bertz CT molecular complexity index is 1000. The monoisotopic (exact) mass is 441 g/mol. The van der Waals surface area contributed by atoms with Gasteiger partial charge in [-0.3, -0.25) is 4.79 Å². The zero-order valence-electron chi connectivity index (χ0n) is 16.5. The third-order valence-corrected chi connectivity index (χ3v) is 5.46. The van der Waals surface area contributed by atoms with Gasteiger partial charge in [0.25, 0.3) is 0 Å². The summed E-state index contributed by atoms with van der Waals surface area (Å²) in [5.74, 6) is 1.42. The van der Waals surface area contributed by atoms with Crippen LogP contribution in [0.2, 0.25) is 0 Å². The number of carbonyl (C=O) groups is 1. The maximum atomic E-state index is 13.0. The van der Waals surface area contributed by atoms with Gasteiger partial charge in [0.1, 0.15) is 11.5 Å². The standard InChI is InChI=1S/C23H24BrNO3/c1-15(16-5-6-18-13-21(27-3)9-7-17(18)11-16)23(26)25(2)14-19-12-20(24)8-10-22(19)28-4/h5-13,15H,14H2,1-4H3. The minimum atomic E-state index is -0.241. The van der Waals surface area contributed by atoms with E-state index >= 15 is 0 Å². The largest absolute Gasteiger partial charge is 0.497 e. The van der Waals surface area contributed by atoms with Gasteiger partial charge in [-0.05, 0) is 53.6 Å². The van der Waals surface area contributed by atoms with E-state index in [0.717, 1.165) is 37.9 Å². The Morgan fingerprint density at radius 3 is 2.43 bits per heavy atom. The van der Waals surface area contributed by atoms with Crippen molar-refractivity contribution in [3.8, 4) is 11.5 Å². The van der Waals surface area contributed by atoms with Crippen molar-refractivity contribution in [1.82, 2.24) is 4.90 Å². The van der Waals surface area contributed by atoms with Gasteiger partial charge in [0.15, 0.2) is 0 Å². The predicted molar refractivity (Wildman–Crippen MR) is 116 cm³/mol. The molecular weight excluding hydrogens is 418 g/mol.